The van der Waals surface area contributed by atoms with Crippen LogP contribution in [0.4, 0.5) is 5.69 Å². The molecule has 0 aliphatic rings. The number of benzene rings is 1. The number of ether oxygens (including phenoxy) is 1. The first-order valence-corrected chi connectivity index (χ1v) is 7.23. The van der Waals surface area contributed by atoms with Crippen molar-refractivity contribution in [1.29, 1.82) is 0 Å². The number of hydrogen-bond acceptors (Lipinski definition) is 4. The third-order valence-electron chi connectivity index (χ3n) is 3.56. The number of nitrogens with zero attached hydrogens (tertiary/aromatic N) is 2. The molecule has 21 heavy (non-hydrogen) atoms. The van der Waals surface area contributed by atoms with Gasteiger partial charge in [-0.3, -0.25) is 4.98 Å². The SMILES string of the molecule is CCN(Cc1ccncc1)c1cccc(OC)c1[C@H](C)N. The Hall–Kier alpha value is -2.07. The van der Waals surface area contributed by atoms with E-state index < -0.39 is 0 Å². The molecular weight excluding hydrogens is 262 g/mol. The van der Waals surface area contributed by atoms with E-state index in [9.17, 15) is 0 Å². The fourth-order valence-electron chi connectivity index (χ4n) is 2.52. The van der Waals surface area contributed by atoms with Crippen molar-refractivity contribution in [3.8, 4) is 5.75 Å². The minimum absolute atomic E-state index is 0.0809. The molecule has 0 aliphatic carbocycles. The second-order valence-corrected chi connectivity index (χ2v) is 5.05. The van der Waals surface area contributed by atoms with Crippen molar-refractivity contribution in [2.45, 2.75) is 26.4 Å². The highest BCUT2D eigenvalue weighted by Crippen LogP contribution is 2.34. The summed E-state index contributed by atoms with van der Waals surface area (Å²) in [5, 5.41) is 0. The standard InChI is InChI=1S/C17H23N3O/c1-4-20(12-14-8-10-19-11-9-14)15-6-5-7-16(21-3)17(15)13(2)18/h5-11,13H,4,12,18H2,1-3H3/t13-/m0/s1. The normalized spacial score (nSPS) is 12.0. The van der Waals surface area contributed by atoms with Crippen molar-refractivity contribution in [3.63, 3.8) is 0 Å². The second kappa shape index (κ2) is 7.09. The maximum atomic E-state index is 6.16. The van der Waals surface area contributed by atoms with Crippen molar-refractivity contribution in [3.05, 3.63) is 53.9 Å². The van der Waals surface area contributed by atoms with Crippen LogP contribution in [0.1, 0.15) is 31.0 Å². The second-order valence-electron chi connectivity index (χ2n) is 5.05. The smallest absolute Gasteiger partial charge is 0.125 e. The van der Waals surface area contributed by atoms with Crippen molar-refractivity contribution in [2.75, 3.05) is 18.6 Å². The van der Waals surface area contributed by atoms with Gasteiger partial charge in [-0.2, -0.15) is 0 Å². The first-order valence-electron chi connectivity index (χ1n) is 7.23. The summed E-state index contributed by atoms with van der Waals surface area (Å²) in [5.74, 6) is 0.843. The zero-order valence-corrected chi connectivity index (χ0v) is 12.9. The first kappa shape index (κ1) is 15.3. The predicted molar refractivity (Wildman–Crippen MR) is 86.6 cm³/mol. The van der Waals surface area contributed by atoms with Gasteiger partial charge in [0.05, 0.1) is 7.11 Å². The Morgan fingerprint density at radius 2 is 1.95 bits per heavy atom. The number of methoxy groups -OCH3 is 1. The molecule has 4 nitrogen and oxygen atoms in total. The van der Waals surface area contributed by atoms with Gasteiger partial charge in [-0.1, -0.05) is 6.07 Å². The molecule has 1 atom stereocenters. The summed E-state index contributed by atoms with van der Waals surface area (Å²) in [5.41, 5.74) is 9.57. The first-order chi connectivity index (χ1) is 10.2. The van der Waals surface area contributed by atoms with Crippen molar-refractivity contribution in [2.24, 2.45) is 5.73 Å². The molecule has 0 fully saturated rings. The van der Waals surface area contributed by atoms with Crippen LogP contribution in [0.3, 0.4) is 0 Å². The van der Waals surface area contributed by atoms with Gasteiger partial charge in [0.2, 0.25) is 0 Å². The van der Waals surface area contributed by atoms with Gasteiger partial charge >= 0.3 is 0 Å². The molecule has 0 saturated carbocycles. The Bertz CT molecular complexity index is 570. The summed E-state index contributed by atoms with van der Waals surface area (Å²) in [4.78, 5) is 6.37. The van der Waals surface area contributed by atoms with Crippen LogP contribution in [0.15, 0.2) is 42.7 Å². The minimum atomic E-state index is -0.0809. The van der Waals surface area contributed by atoms with E-state index in [0.717, 1.165) is 30.1 Å². The van der Waals surface area contributed by atoms with Crippen molar-refractivity contribution in [1.82, 2.24) is 4.98 Å². The van der Waals surface area contributed by atoms with Gasteiger partial charge in [0.1, 0.15) is 5.75 Å². The summed E-state index contributed by atoms with van der Waals surface area (Å²) in [7, 11) is 1.68. The largest absolute Gasteiger partial charge is 0.496 e. The van der Waals surface area contributed by atoms with Crippen molar-refractivity contribution < 1.29 is 4.74 Å². The molecule has 0 saturated heterocycles. The highest BCUT2D eigenvalue weighted by Gasteiger charge is 2.17. The minimum Gasteiger partial charge on any atom is -0.496 e. The quantitative estimate of drug-likeness (QED) is 0.886. The topological polar surface area (TPSA) is 51.4 Å². The number of hydrogen-bond donors (Lipinski definition) is 1. The Balaban J connectivity index is 2.38. The Labute approximate surface area is 126 Å². The number of aromatic nitrogens is 1. The molecule has 0 unspecified atom stereocenters. The Morgan fingerprint density at radius 1 is 1.24 bits per heavy atom. The van der Waals surface area contributed by atoms with Gasteiger partial charge in [0.15, 0.2) is 0 Å². The summed E-state index contributed by atoms with van der Waals surface area (Å²) < 4.78 is 5.48. The molecule has 0 bridgehead atoms. The fraction of sp³-hybridized carbons (Fsp3) is 0.353. The average Bonchev–Trinajstić information content (AvgIpc) is 2.52. The van der Waals surface area contributed by atoms with Gasteiger partial charge in [0.25, 0.3) is 0 Å². The lowest BCUT2D eigenvalue weighted by molar-refractivity contribution is 0.407. The van der Waals surface area contributed by atoms with Crippen LogP contribution in [0.5, 0.6) is 5.75 Å². The van der Waals surface area contributed by atoms with Crippen LogP contribution < -0.4 is 15.4 Å². The molecule has 0 aliphatic heterocycles. The molecule has 0 amide bonds. The van der Waals surface area contributed by atoms with Gasteiger partial charge in [-0.25, -0.2) is 0 Å². The zero-order chi connectivity index (χ0) is 15.2. The van der Waals surface area contributed by atoms with Crippen LogP contribution in [-0.2, 0) is 6.54 Å². The lowest BCUT2D eigenvalue weighted by atomic mass is 10.0. The molecule has 2 aromatic rings. The average molecular weight is 285 g/mol. The van der Waals surface area contributed by atoms with Crippen LogP contribution >= 0.6 is 0 Å². The number of pyridine rings is 1. The van der Waals surface area contributed by atoms with E-state index in [1.807, 2.05) is 43.6 Å². The molecule has 1 heterocycles. The number of anilines is 1. The van der Waals surface area contributed by atoms with Crippen LogP contribution in [-0.4, -0.2) is 18.6 Å². The van der Waals surface area contributed by atoms with Gasteiger partial charge in [-0.05, 0) is 43.7 Å². The van der Waals surface area contributed by atoms with Crippen molar-refractivity contribution >= 4 is 5.69 Å². The molecule has 4 heteroatoms. The maximum Gasteiger partial charge on any atom is 0.125 e. The maximum absolute atomic E-state index is 6.16. The lowest BCUT2D eigenvalue weighted by Crippen LogP contribution is -2.25. The Morgan fingerprint density at radius 3 is 2.52 bits per heavy atom. The van der Waals surface area contributed by atoms with Crippen LogP contribution in [0.25, 0.3) is 0 Å². The summed E-state index contributed by atoms with van der Waals surface area (Å²) in [6, 6.07) is 10.1. The van der Waals surface area contributed by atoms with Gasteiger partial charge < -0.3 is 15.4 Å². The predicted octanol–water partition coefficient (Wildman–Crippen LogP) is 3.14. The summed E-state index contributed by atoms with van der Waals surface area (Å²) in [6.07, 6.45) is 3.64. The molecule has 1 aromatic carbocycles. The van der Waals surface area contributed by atoms with Gasteiger partial charge in [-0.15, -0.1) is 0 Å². The number of rotatable bonds is 6. The van der Waals surface area contributed by atoms with Crippen LogP contribution in [0, 0.1) is 0 Å². The third-order valence-corrected chi connectivity index (χ3v) is 3.56. The van der Waals surface area contributed by atoms with E-state index in [1.165, 1.54) is 5.56 Å². The summed E-state index contributed by atoms with van der Waals surface area (Å²) in [6.45, 7) is 5.86. The lowest BCUT2D eigenvalue weighted by Gasteiger charge is -2.28. The summed E-state index contributed by atoms with van der Waals surface area (Å²) >= 11 is 0. The molecule has 112 valence electrons. The molecule has 2 N–H and O–H groups in total. The van der Waals surface area contributed by atoms with E-state index in [0.29, 0.717) is 0 Å². The van der Waals surface area contributed by atoms with Gasteiger partial charge in [0, 0.05) is 42.8 Å². The van der Waals surface area contributed by atoms with E-state index in [-0.39, 0.29) is 6.04 Å². The molecule has 1 aromatic heterocycles. The zero-order valence-electron chi connectivity index (χ0n) is 12.9. The van der Waals surface area contributed by atoms with E-state index in [1.54, 1.807) is 7.11 Å². The molecule has 0 radical (unpaired) electrons. The van der Waals surface area contributed by atoms with E-state index in [2.05, 4.69) is 22.9 Å². The van der Waals surface area contributed by atoms with E-state index in [4.69, 9.17) is 10.5 Å². The highest BCUT2D eigenvalue weighted by molar-refractivity contribution is 5.61. The Kier molecular flexibility index (Phi) is 5.17. The highest BCUT2D eigenvalue weighted by atomic mass is 16.5. The molecular formula is C17H23N3O. The van der Waals surface area contributed by atoms with E-state index >= 15 is 0 Å². The monoisotopic (exact) mass is 285 g/mol. The molecule has 0 spiro atoms. The van der Waals surface area contributed by atoms with Crippen LogP contribution in [0.2, 0.25) is 0 Å². The third kappa shape index (κ3) is 3.52. The number of nitrogens with two attached hydrogens (primary N) is 1. The fourth-order valence-corrected chi connectivity index (χ4v) is 2.52. The molecule has 2 rings (SSSR count).